The number of ether oxygens (including phenoxy) is 1. The van der Waals surface area contributed by atoms with Crippen molar-refractivity contribution in [3.05, 3.63) is 59.2 Å². The van der Waals surface area contributed by atoms with Gasteiger partial charge < -0.3 is 10.5 Å². The Kier molecular flexibility index (Phi) is 4.47. The lowest BCUT2D eigenvalue weighted by molar-refractivity contribution is 0.407. The molecular weight excluding hydrogens is 243 g/mol. The second-order valence-electron chi connectivity index (χ2n) is 4.32. The van der Waals surface area contributed by atoms with Crippen LogP contribution in [-0.2, 0) is 19.4 Å². The zero-order valence-electron chi connectivity index (χ0n) is 10.9. The number of nitrogens with zero attached hydrogens (tertiary/aromatic N) is 1. The number of pyridine rings is 1. The normalized spacial score (nSPS) is 10.5. The third kappa shape index (κ3) is 3.51. The van der Waals surface area contributed by atoms with Crippen molar-refractivity contribution >= 4 is 0 Å². The fraction of sp³-hybridized carbons (Fsp3) is 0.267. The van der Waals surface area contributed by atoms with Crippen molar-refractivity contribution in [2.45, 2.75) is 19.4 Å². The van der Waals surface area contributed by atoms with Crippen molar-refractivity contribution in [1.82, 2.24) is 4.98 Å². The van der Waals surface area contributed by atoms with Gasteiger partial charge in [-0.05, 0) is 36.6 Å². The Hall–Kier alpha value is -1.94. The maximum absolute atomic E-state index is 13.1. The van der Waals surface area contributed by atoms with Gasteiger partial charge in [0, 0.05) is 17.8 Å². The van der Waals surface area contributed by atoms with Crippen molar-refractivity contribution in [3.8, 4) is 5.75 Å². The molecule has 1 heterocycles. The first-order valence-corrected chi connectivity index (χ1v) is 6.19. The van der Waals surface area contributed by atoms with Crippen LogP contribution >= 0.6 is 0 Å². The Bertz CT molecular complexity index is 558. The summed E-state index contributed by atoms with van der Waals surface area (Å²) in [5.41, 5.74) is 8.50. The number of rotatable bonds is 5. The number of methoxy groups -OCH3 is 1. The molecule has 0 atom stereocenters. The van der Waals surface area contributed by atoms with Crippen LogP contribution in [-0.4, -0.2) is 12.1 Å². The van der Waals surface area contributed by atoms with E-state index in [1.807, 2.05) is 12.1 Å². The van der Waals surface area contributed by atoms with Gasteiger partial charge >= 0.3 is 0 Å². The Labute approximate surface area is 112 Å². The lowest BCUT2D eigenvalue weighted by Gasteiger charge is -2.08. The quantitative estimate of drug-likeness (QED) is 0.898. The molecule has 0 unspecified atom stereocenters. The second-order valence-corrected chi connectivity index (χ2v) is 4.32. The van der Waals surface area contributed by atoms with Crippen molar-refractivity contribution < 1.29 is 9.13 Å². The van der Waals surface area contributed by atoms with E-state index in [0.717, 1.165) is 29.7 Å². The molecule has 3 nitrogen and oxygen atoms in total. The summed E-state index contributed by atoms with van der Waals surface area (Å²) in [4.78, 5) is 4.32. The molecule has 1 aromatic carbocycles. The summed E-state index contributed by atoms with van der Waals surface area (Å²) >= 11 is 0. The highest BCUT2D eigenvalue weighted by Crippen LogP contribution is 2.18. The highest BCUT2D eigenvalue weighted by Gasteiger charge is 2.05. The van der Waals surface area contributed by atoms with E-state index in [9.17, 15) is 4.39 Å². The summed E-state index contributed by atoms with van der Waals surface area (Å²) < 4.78 is 18.2. The molecule has 2 rings (SSSR count). The molecule has 1 aromatic heterocycles. The molecule has 0 bridgehead atoms. The SMILES string of the molecule is COc1cnc(CCc2cccc(F)c2)cc1CN. The molecule has 0 spiro atoms. The highest BCUT2D eigenvalue weighted by atomic mass is 19.1. The summed E-state index contributed by atoms with van der Waals surface area (Å²) in [6.07, 6.45) is 3.19. The summed E-state index contributed by atoms with van der Waals surface area (Å²) in [6, 6.07) is 8.57. The van der Waals surface area contributed by atoms with E-state index in [4.69, 9.17) is 10.5 Å². The Balaban J connectivity index is 2.07. The van der Waals surface area contributed by atoms with E-state index in [1.54, 1.807) is 25.4 Å². The van der Waals surface area contributed by atoms with Crippen LogP contribution in [0.2, 0.25) is 0 Å². The van der Waals surface area contributed by atoms with Gasteiger partial charge in [0.1, 0.15) is 11.6 Å². The average Bonchev–Trinajstić information content (AvgIpc) is 2.45. The van der Waals surface area contributed by atoms with Crippen LogP contribution in [0.4, 0.5) is 4.39 Å². The summed E-state index contributed by atoms with van der Waals surface area (Å²) in [6.45, 7) is 0.415. The third-order valence-corrected chi connectivity index (χ3v) is 3.00. The topological polar surface area (TPSA) is 48.1 Å². The summed E-state index contributed by atoms with van der Waals surface area (Å²) in [5, 5.41) is 0. The van der Waals surface area contributed by atoms with E-state index in [1.165, 1.54) is 6.07 Å². The smallest absolute Gasteiger partial charge is 0.141 e. The molecule has 0 amide bonds. The fourth-order valence-corrected chi connectivity index (χ4v) is 1.98. The van der Waals surface area contributed by atoms with Gasteiger partial charge in [-0.3, -0.25) is 4.98 Å². The molecular formula is C15H17FN2O. The Morgan fingerprint density at radius 3 is 2.79 bits per heavy atom. The van der Waals surface area contributed by atoms with E-state index in [2.05, 4.69) is 4.98 Å². The average molecular weight is 260 g/mol. The van der Waals surface area contributed by atoms with Crippen molar-refractivity contribution in [1.29, 1.82) is 0 Å². The van der Waals surface area contributed by atoms with Crippen LogP contribution in [0.15, 0.2) is 36.5 Å². The number of nitrogens with two attached hydrogens (primary N) is 1. The molecule has 0 aliphatic heterocycles. The first-order valence-electron chi connectivity index (χ1n) is 6.19. The molecule has 19 heavy (non-hydrogen) atoms. The van der Waals surface area contributed by atoms with Gasteiger partial charge in [-0.15, -0.1) is 0 Å². The maximum atomic E-state index is 13.1. The molecule has 100 valence electrons. The van der Waals surface area contributed by atoms with Gasteiger partial charge in [0.05, 0.1) is 13.3 Å². The number of halogens is 1. The van der Waals surface area contributed by atoms with Gasteiger partial charge in [-0.1, -0.05) is 12.1 Å². The van der Waals surface area contributed by atoms with Crippen molar-refractivity contribution in [2.75, 3.05) is 7.11 Å². The van der Waals surface area contributed by atoms with Crippen LogP contribution in [0.5, 0.6) is 5.75 Å². The second kappa shape index (κ2) is 6.29. The molecule has 0 saturated carbocycles. The molecule has 2 N–H and O–H groups in total. The first kappa shape index (κ1) is 13.5. The third-order valence-electron chi connectivity index (χ3n) is 3.00. The van der Waals surface area contributed by atoms with Gasteiger partial charge in [0.2, 0.25) is 0 Å². The number of aryl methyl sites for hydroxylation is 2. The standard InChI is InChI=1S/C15H17FN2O/c1-19-15-10-18-14(8-12(15)9-17)6-5-11-3-2-4-13(16)7-11/h2-4,7-8,10H,5-6,9,17H2,1H3. The molecule has 0 fully saturated rings. The van der Waals surface area contributed by atoms with Crippen LogP contribution in [0.25, 0.3) is 0 Å². The zero-order chi connectivity index (χ0) is 13.7. The molecule has 4 heteroatoms. The number of hydrogen-bond acceptors (Lipinski definition) is 3. The lowest BCUT2D eigenvalue weighted by atomic mass is 10.1. The van der Waals surface area contributed by atoms with E-state index < -0.39 is 0 Å². The van der Waals surface area contributed by atoms with Crippen LogP contribution < -0.4 is 10.5 Å². The number of aromatic nitrogens is 1. The van der Waals surface area contributed by atoms with E-state index >= 15 is 0 Å². The van der Waals surface area contributed by atoms with Gasteiger partial charge in [-0.25, -0.2) is 4.39 Å². The maximum Gasteiger partial charge on any atom is 0.141 e. The predicted molar refractivity (Wildman–Crippen MR) is 72.5 cm³/mol. The summed E-state index contributed by atoms with van der Waals surface area (Å²) in [5.74, 6) is 0.500. The van der Waals surface area contributed by atoms with Gasteiger partial charge in [0.15, 0.2) is 0 Å². The predicted octanol–water partition coefficient (Wildman–Crippen LogP) is 2.47. The van der Waals surface area contributed by atoms with E-state index in [-0.39, 0.29) is 5.82 Å². The first-order chi connectivity index (χ1) is 9.22. The minimum atomic E-state index is -0.206. The molecule has 0 saturated heterocycles. The highest BCUT2D eigenvalue weighted by molar-refractivity contribution is 5.32. The van der Waals surface area contributed by atoms with Crippen molar-refractivity contribution in [2.24, 2.45) is 5.73 Å². The molecule has 0 aliphatic carbocycles. The fourth-order valence-electron chi connectivity index (χ4n) is 1.98. The summed E-state index contributed by atoms with van der Waals surface area (Å²) in [7, 11) is 1.60. The number of hydrogen-bond donors (Lipinski definition) is 1. The monoisotopic (exact) mass is 260 g/mol. The van der Waals surface area contributed by atoms with Gasteiger partial charge in [0.25, 0.3) is 0 Å². The molecule has 2 aromatic rings. The van der Waals surface area contributed by atoms with Crippen LogP contribution in [0.1, 0.15) is 16.8 Å². The van der Waals surface area contributed by atoms with Crippen LogP contribution in [0, 0.1) is 5.82 Å². The Morgan fingerprint density at radius 1 is 1.26 bits per heavy atom. The minimum absolute atomic E-state index is 0.206. The minimum Gasteiger partial charge on any atom is -0.495 e. The number of benzene rings is 1. The largest absolute Gasteiger partial charge is 0.495 e. The van der Waals surface area contributed by atoms with Crippen LogP contribution in [0.3, 0.4) is 0 Å². The van der Waals surface area contributed by atoms with Crippen molar-refractivity contribution in [3.63, 3.8) is 0 Å². The molecule has 0 aliphatic rings. The van der Waals surface area contributed by atoms with E-state index in [0.29, 0.717) is 12.3 Å². The zero-order valence-corrected chi connectivity index (χ0v) is 10.9. The lowest BCUT2D eigenvalue weighted by Crippen LogP contribution is -2.03. The molecule has 0 radical (unpaired) electrons. The Morgan fingerprint density at radius 2 is 2.11 bits per heavy atom. The van der Waals surface area contributed by atoms with Gasteiger partial charge in [-0.2, -0.15) is 0 Å².